The molecule has 0 bridgehead atoms. The van der Waals surface area contributed by atoms with Crippen LogP contribution in [0, 0.1) is 61.6 Å². The van der Waals surface area contributed by atoms with Crippen LogP contribution in [0.15, 0.2) is 23.3 Å². The zero-order chi connectivity index (χ0) is 27.4. The lowest BCUT2D eigenvalue weighted by Crippen LogP contribution is -2.65. The first-order valence-corrected chi connectivity index (χ1v) is 14.1. The summed E-state index contributed by atoms with van der Waals surface area (Å²) in [7, 11) is 1.47. The number of methoxy groups -OCH3 is 1. The lowest BCUT2D eigenvalue weighted by Gasteiger charge is -2.69. The summed E-state index contributed by atoms with van der Waals surface area (Å²) in [5.74, 6) is -0.227. The number of hydrogen-bond donors (Lipinski definition) is 0. The summed E-state index contributed by atoms with van der Waals surface area (Å²) in [5, 5.41) is 9.86. The number of nitrogens with zero attached hydrogens (tertiary/aromatic N) is 1. The average Bonchev–Trinajstić information content (AvgIpc) is 2.83. The molecule has 5 aliphatic rings. The second-order valence-corrected chi connectivity index (χ2v) is 14.8. The van der Waals surface area contributed by atoms with Crippen molar-refractivity contribution in [2.75, 3.05) is 7.11 Å². The molecule has 3 saturated carbocycles. The molecule has 0 aliphatic heterocycles. The van der Waals surface area contributed by atoms with Gasteiger partial charge in [-0.05, 0) is 86.0 Å². The van der Waals surface area contributed by atoms with E-state index in [1.165, 1.54) is 12.7 Å². The average molecular weight is 506 g/mol. The van der Waals surface area contributed by atoms with Crippen LogP contribution < -0.4 is 0 Å². The molecule has 5 rings (SSSR count). The Hall–Kier alpha value is -2.22. The van der Waals surface area contributed by atoms with E-state index in [0.29, 0.717) is 6.42 Å². The number of allylic oxidation sites excluding steroid dienone is 4. The highest BCUT2D eigenvalue weighted by Crippen LogP contribution is 2.74. The van der Waals surface area contributed by atoms with Gasteiger partial charge in [-0.2, -0.15) is 5.26 Å². The fraction of sp³-hybridized carbons (Fsp3) is 0.750. The van der Waals surface area contributed by atoms with E-state index in [-0.39, 0.29) is 57.1 Å². The van der Waals surface area contributed by atoms with Crippen LogP contribution in [0.3, 0.4) is 0 Å². The zero-order valence-corrected chi connectivity index (χ0v) is 23.9. The van der Waals surface area contributed by atoms with Crippen molar-refractivity contribution < 1.29 is 19.1 Å². The smallest absolute Gasteiger partial charge is 0.311 e. The van der Waals surface area contributed by atoms with Gasteiger partial charge in [0, 0.05) is 16.7 Å². The quantitative estimate of drug-likeness (QED) is 0.386. The molecule has 0 aromatic rings. The maximum Gasteiger partial charge on any atom is 0.311 e. The largest absolute Gasteiger partial charge is 0.469 e. The minimum atomic E-state index is -0.683. The van der Waals surface area contributed by atoms with Crippen LogP contribution in [0.1, 0.15) is 93.4 Å². The fourth-order valence-electron chi connectivity index (χ4n) is 10.2. The first-order chi connectivity index (χ1) is 17.0. The molecule has 2 unspecified atom stereocenters. The molecule has 5 heteroatoms. The molecule has 0 spiro atoms. The fourth-order valence-corrected chi connectivity index (χ4v) is 10.2. The molecule has 0 radical (unpaired) electrons. The van der Waals surface area contributed by atoms with Crippen molar-refractivity contribution in [1.82, 2.24) is 0 Å². The molecule has 0 aromatic carbocycles. The molecule has 8 atom stereocenters. The Morgan fingerprint density at radius 3 is 2.27 bits per heavy atom. The highest BCUT2D eigenvalue weighted by molar-refractivity contribution is 6.05. The normalized spacial score (nSPS) is 48.2. The molecule has 5 aliphatic carbocycles. The third-order valence-electron chi connectivity index (χ3n) is 12.7. The van der Waals surface area contributed by atoms with Crippen molar-refractivity contribution in [2.45, 2.75) is 93.4 Å². The Labute approximate surface area is 222 Å². The van der Waals surface area contributed by atoms with E-state index in [1.54, 1.807) is 0 Å². The van der Waals surface area contributed by atoms with Gasteiger partial charge in [0.1, 0.15) is 6.07 Å². The molecule has 0 amide bonds. The van der Waals surface area contributed by atoms with E-state index in [2.05, 4.69) is 33.8 Å². The van der Waals surface area contributed by atoms with Crippen LogP contribution in [0.4, 0.5) is 0 Å². The van der Waals surface area contributed by atoms with E-state index in [0.717, 1.165) is 38.5 Å². The van der Waals surface area contributed by atoms with Gasteiger partial charge < -0.3 is 4.74 Å². The van der Waals surface area contributed by atoms with Gasteiger partial charge in [-0.15, -0.1) is 0 Å². The lowest BCUT2D eigenvalue weighted by atomic mass is 9.34. The number of esters is 1. The Kier molecular flexibility index (Phi) is 5.47. The Morgan fingerprint density at radius 1 is 1.00 bits per heavy atom. The number of carbonyl (C=O) groups is 3. The molecule has 3 fully saturated rings. The number of nitriles is 1. The molecule has 200 valence electrons. The third kappa shape index (κ3) is 3.11. The first kappa shape index (κ1) is 26.4. The van der Waals surface area contributed by atoms with Gasteiger partial charge in [0.15, 0.2) is 11.6 Å². The maximum absolute atomic E-state index is 14.3. The number of rotatable bonds is 1. The van der Waals surface area contributed by atoms with Crippen LogP contribution in [0.2, 0.25) is 0 Å². The summed E-state index contributed by atoms with van der Waals surface area (Å²) in [6.07, 6.45) is 10.1. The van der Waals surface area contributed by atoms with E-state index < -0.39 is 16.2 Å². The van der Waals surface area contributed by atoms with Crippen molar-refractivity contribution in [3.05, 3.63) is 23.3 Å². The van der Waals surface area contributed by atoms with E-state index >= 15 is 0 Å². The van der Waals surface area contributed by atoms with Gasteiger partial charge in [0.25, 0.3) is 0 Å². The zero-order valence-electron chi connectivity index (χ0n) is 23.9. The van der Waals surface area contributed by atoms with Crippen molar-refractivity contribution in [3.8, 4) is 6.07 Å². The Balaban J connectivity index is 1.67. The summed E-state index contributed by atoms with van der Waals surface area (Å²) >= 11 is 0. The predicted molar refractivity (Wildman–Crippen MR) is 141 cm³/mol. The summed E-state index contributed by atoms with van der Waals surface area (Å²) < 4.78 is 5.23. The second-order valence-electron chi connectivity index (χ2n) is 14.8. The molecular weight excluding hydrogens is 462 g/mol. The standard InChI is InChI=1S/C32H43NO4/c1-27(2)23-9-10-32(7)24(30(23,5)16-19(18-33)25(27)35)22(34)15-20-21-17-29(4,26(36)37-8)12-11-28(21,3)13-14-31(20,32)6/h15-16,21,23-24H,9-14,17H2,1-8H3/t21-,23?,24-,28-,29?,30+,31-,32-/m1/s1. The van der Waals surface area contributed by atoms with Crippen LogP contribution in [-0.4, -0.2) is 24.6 Å². The summed E-state index contributed by atoms with van der Waals surface area (Å²) in [6.45, 7) is 15.1. The molecule has 0 heterocycles. The third-order valence-corrected chi connectivity index (χ3v) is 12.7. The second kappa shape index (κ2) is 7.67. The van der Waals surface area contributed by atoms with E-state index in [9.17, 15) is 19.6 Å². The molecular formula is C32H43NO4. The van der Waals surface area contributed by atoms with Gasteiger partial charge >= 0.3 is 5.97 Å². The van der Waals surface area contributed by atoms with Crippen molar-refractivity contribution in [2.24, 2.45) is 50.2 Å². The lowest BCUT2D eigenvalue weighted by molar-refractivity contribution is -0.172. The van der Waals surface area contributed by atoms with Crippen LogP contribution in [-0.2, 0) is 19.1 Å². The van der Waals surface area contributed by atoms with Gasteiger partial charge in [-0.3, -0.25) is 14.4 Å². The van der Waals surface area contributed by atoms with Crippen LogP contribution in [0.25, 0.3) is 0 Å². The van der Waals surface area contributed by atoms with Gasteiger partial charge in [-0.25, -0.2) is 0 Å². The Bertz CT molecular complexity index is 1200. The van der Waals surface area contributed by atoms with Crippen LogP contribution >= 0.6 is 0 Å². The highest BCUT2D eigenvalue weighted by Gasteiger charge is 2.70. The van der Waals surface area contributed by atoms with Crippen molar-refractivity contribution >= 4 is 17.5 Å². The van der Waals surface area contributed by atoms with Crippen molar-refractivity contribution in [1.29, 1.82) is 5.26 Å². The summed E-state index contributed by atoms with van der Waals surface area (Å²) in [6, 6.07) is 2.16. The van der Waals surface area contributed by atoms with Gasteiger partial charge in [0.05, 0.1) is 18.1 Å². The monoisotopic (exact) mass is 505 g/mol. The molecule has 0 saturated heterocycles. The number of fused-ring (bicyclic) bond motifs is 7. The minimum absolute atomic E-state index is 0.0105. The molecule has 0 N–H and O–H groups in total. The van der Waals surface area contributed by atoms with Gasteiger partial charge in [0.2, 0.25) is 0 Å². The van der Waals surface area contributed by atoms with Crippen LogP contribution in [0.5, 0.6) is 0 Å². The summed E-state index contributed by atoms with van der Waals surface area (Å²) in [5.41, 5.74) is -0.770. The molecule has 5 nitrogen and oxygen atoms in total. The number of ketones is 2. The number of Topliss-reactive ketones (excluding diaryl/α,β-unsaturated/α-hetero) is 1. The minimum Gasteiger partial charge on any atom is -0.469 e. The SMILES string of the molecule is COC(=O)C1(C)CC[C@]2(C)CC[C@]3(C)C(=CC(=O)[C@@H]4[C@@]5(C)C=C(C#N)C(=O)C(C)(C)C5CC[C@]43C)[C@H]2C1. The number of hydrogen-bond acceptors (Lipinski definition) is 5. The first-order valence-electron chi connectivity index (χ1n) is 14.1. The van der Waals surface area contributed by atoms with Crippen molar-refractivity contribution in [3.63, 3.8) is 0 Å². The molecule has 37 heavy (non-hydrogen) atoms. The predicted octanol–water partition coefficient (Wildman–Crippen LogP) is 6.38. The molecule has 0 aromatic heterocycles. The Morgan fingerprint density at radius 2 is 1.65 bits per heavy atom. The van der Waals surface area contributed by atoms with Gasteiger partial charge in [-0.1, -0.05) is 53.2 Å². The number of ether oxygens (including phenoxy) is 1. The van der Waals surface area contributed by atoms with E-state index in [1.807, 2.05) is 32.9 Å². The number of carbonyl (C=O) groups excluding carboxylic acids is 3. The highest BCUT2D eigenvalue weighted by atomic mass is 16.5. The van der Waals surface area contributed by atoms with E-state index in [4.69, 9.17) is 4.74 Å². The topological polar surface area (TPSA) is 84.2 Å². The maximum atomic E-state index is 14.3. The summed E-state index contributed by atoms with van der Waals surface area (Å²) in [4.78, 5) is 40.4.